The highest BCUT2D eigenvalue weighted by atomic mass is 32.2. The molecule has 1 aromatic rings. The van der Waals surface area contributed by atoms with Gasteiger partial charge in [0.1, 0.15) is 13.2 Å². The summed E-state index contributed by atoms with van der Waals surface area (Å²) in [7, 11) is -3.70. The number of hydrogen-bond donors (Lipinski definition) is 0. The van der Waals surface area contributed by atoms with Crippen LogP contribution in [0.1, 0.15) is 12.8 Å². The van der Waals surface area contributed by atoms with E-state index in [1.807, 2.05) is 0 Å². The third-order valence-corrected chi connectivity index (χ3v) is 9.44. The topological polar surface area (TPSA) is 96.5 Å². The van der Waals surface area contributed by atoms with Crippen LogP contribution in [0.25, 0.3) is 0 Å². The number of nitrogens with zero attached hydrogens (tertiary/aromatic N) is 3. The van der Waals surface area contributed by atoms with E-state index in [1.165, 1.54) is 28.2 Å². The minimum atomic E-state index is -3.70. The van der Waals surface area contributed by atoms with Crippen LogP contribution in [0.4, 0.5) is 0 Å². The van der Waals surface area contributed by atoms with Crippen molar-refractivity contribution in [2.24, 2.45) is 0 Å². The van der Waals surface area contributed by atoms with Crippen LogP contribution in [0, 0.1) is 0 Å². The maximum absolute atomic E-state index is 13.2. The van der Waals surface area contributed by atoms with Crippen molar-refractivity contribution in [2.45, 2.75) is 22.6 Å². The monoisotopic (exact) mass is 453 g/mol. The van der Waals surface area contributed by atoms with Gasteiger partial charge in [0.05, 0.1) is 4.90 Å². The van der Waals surface area contributed by atoms with E-state index in [2.05, 4.69) is 0 Å². The van der Waals surface area contributed by atoms with Crippen molar-refractivity contribution in [3.05, 3.63) is 18.2 Å². The van der Waals surface area contributed by atoms with Crippen LogP contribution >= 0.6 is 11.8 Å². The average Bonchev–Trinajstić information content (AvgIpc) is 3.34. The van der Waals surface area contributed by atoms with Gasteiger partial charge in [-0.3, -0.25) is 9.59 Å². The molecule has 4 aliphatic rings. The number of thioether (sulfide) groups is 1. The molecule has 4 heterocycles. The molecule has 2 amide bonds. The maximum atomic E-state index is 13.2. The van der Waals surface area contributed by atoms with Gasteiger partial charge in [0.15, 0.2) is 16.4 Å². The molecular formula is C19H23N3O6S2. The number of fused-ring (bicyclic) bond motifs is 2. The molecule has 0 aliphatic carbocycles. The second-order valence-corrected chi connectivity index (χ2v) is 11.0. The molecule has 9 nitrogen and oxygen atoms in total. The maximum Gasteiger partial charge on any atom is 0.259 e. The van der Waals surface area contributed by atoms with E-state index in [-0.39, 0.29) is 29.8 Å². The number of carbonyl (C=O) groups excluding carboxylic acids is 2. The van der Waals surface area contributed by atoms with Crippen molar-refractivity contribution >= 4 is 33.6 Å². The highest BCUT2D eigenvalue weighted by Gasteiger charge is 2.56. The number of piperazine rings is 1. The third kappa shape index (κ3) is 3.05. The van der Waals surface area contributed by atoms with E-state index < -0.39 is 14.9 Å². The molecule has 0 spiro atoms. The van der Waals surface area contributed by atoms with Crippen LogP contribution < -0.4 is 9.47 Å². The number of rotatable bonds is 3. The average molecular weight is 454 g/mol. The fourth-order valence-electron chi connectivity index (χ4n) is 4.50. The molecule has 3 fully saturated rings. The number of carbonyl (C=O) groups is 2. The van der Waals surface area contributed by atoms with E-state index in [1.54, 1.807) is 15.9 Å². The molecule has 30 heavy (non-hydrogen) atoms. The summed E-state index contributed by atoms with van der Waals surface area (Å²) in [6.07, 6.45) is 0.933. The van der Waals surface area contributed by atoms with Crippen molar-refractivity contribution in [1.29, 1.82) is 0 Å². The molecule has 11 heteroatoms. The molecule has 4 aliphatic heterocycles. The number of amides is 2. The molecule has 1 atom stereocenters. The van der Waals surface area contributed by atoms with Crippen molar-refractivity contribution in [3.63, 3.8) is 0 Å². The van der Waals surface area contributed by atoms with Gasteiger partial charge < -0.3 is 19.3 Å². The minimum absolute atomic E-state index is 0.0353. The number of hydrogen-bond acceptors (Lipinski definition) is 7. The first kappa shape index (κ1) is 20.0. The quantitative estimate of drug-likeness (QED) is 0.652. The van der Waals surface area contributed by atoms with Crippen LogP contribution in [0.15, 0.2) is 23.1 Å². The summed E-state index contributed by atoms with van der Waals surface area (Å²) in [4.78, 5) is 28.2. The van der Waals surface area contributed by atoms with E-state index in [0.717, 1.165) is 5.75 Å². The standard InChI is InChI=1S/C19H23N3O6S2/c23-17-3-4-19(22(17)9-12-29-19)18(24)20-5-7-21(8-6-20)30(25,26)14-1-2-15-16(13-14)28-11-10-27-15/h1-2,13H,3-12H2. The lowest BCUT2D eigenvalue weighted by Gasteiger charge is -2.39. The largest absolute Gasteiger partial charge is 0.486 e. The summed E-state index contributed by atoms with van der Waals surface area (Å²) in [6, 6.07) is 4.64. The third-order valence-electron chi connectivity index (χ3n) is 6.08. The van der Waals surface area contributed by atoms with Crippen molar-refractivity contribution in [1.82, 2.24) is 14.1 Å². The Hall–Kier alpha value is -1.98. The van der Waals surface area contributed by atoms with Gasteiger partial charge in [-0.25, -0.2) is 8.42 Å². The van der Waals surface area contributed by atoms with Crippen molar-refractivity contribution in [2.75, 3.05) is 51.7 Å². The van der Waals surface area contributed by atoms with E-state index >= 15 is 0 Å². The summed E-state index contributed by atoms with van der Waals surface area (Å²) >= 11 is 1.54. The molecule has 0 aromatic heterocycles. The Bertz CT molecular complexity index is 992. The smallest absolute Gasteiger partial charge is 0.259 e. The summed E-state index contributed by atoms with van der Waals surface area (Å²) in [5, 5.41) is 0. The van der Waals surface area contributed by atoms with Gasteiger partial charge in [-0.05, 0) is 18.6 Å². The molecule has 0 bridgehead atoms. The Labute approximate surface area is 179 Å². The van der Waals surface area contributed by atoms with E-state index in [4.69, 9.17) is 9.47 Å². The first-order valence-electron chi connectivity index (χ1n) is 10.1. The van der Waals surface area contributed by atoms with Gasteiger partial charge in [0.2, 0.25) is 15.9 Å². The molecule has 5 rings (SSSR count). The van der Waals surface area contributed by atoms with Crippen LogP contribution in [0.3, 0.4) is 0 Å². The fourth-order valence-corrected chi connectivity index (χ4v) is 7.40. The predicted octanol–water partition coefficient (Wildman–Crippen LogP) is 0.356. The minimum Gasteiger partial charge on any atom is -0.486 e. The second kappa shape index (κ2) is 7.31. The van der Waals surface area contributed by atoms with Gasteiger partial charge in [0, 0.05) is 51.0 Å². The summed E-state index contributed by atoms with van der Waals surface area (Å²) < 4.78 is 38.6. The molecular weight excluding hydrogens is 430 g/mol. The Morgan fingerprint density at radius 2 is 1.77 bits per heavy atom. The second-order valence-electron chi connectivity index (χ2n) is 7.68. The first-order chi connectivity index (χ1) is 14.4. The Morgan fingerprint density at radius 3 is 2.53 bits per heavy atom. The first-order valence-corrected chi connectivity index (χ1v) is 12.5. The normalized spacial score (nSPS) is 26.7. The summed E-state index contributed by atoms with van der Waals surface area (Å²) in [5.74, 6) is 1.70. The highest BCUT2D eigenvalue weighted by Crippen LogP contribution is 2.46. The zero-order valence-corrected chi connectivity index (χ0v) is 18.0. The lowest BCUT2D eigenvalue weighted by molar-refractivity contribution is -0.143. The number of ether oxygens (including phenoxy) is 2. The summed E-state index contributed by atoms with van der Waals surface area (Å²) in [6.45, 7) is 2.50. The predicted molar refractivity (Wildman–Crippen MR) is 109 cm³/mol. The molecule has 0 radical (unpaired) electrons. The molecule has 1 aromatic carbocycles. The molecule has 162 valence electrons. The van der Waals surface area contributed by atoms with Gasteiger partial charge >= 0.3 is 0 Å². The van der Waals surface area contributed by atoms with Crippen LogP contribution in [-0.2, 0) is 19.6 Å². The molecule has 1 unspecified atom stereocenters. The molecule has 0 saturated carbocycles. The highest BCUT2D eigenvalue weighted by molar-refractivity contribution is 8.01. The van der Waals surface area contributed by atoms with Gasteiger partial charge in [-0.2, -0.15) is 4.31 Å². The lowest BCUT2D eigenvalue weighted by Crippen LogP contribution is -2.58. The van der Waals surface area contributed by atoms with Crippen molar-refractivity contribution < 1.29 is 27.5 Å². The Kier molecular flexibility index (Phi) is 4.86. The van der Waals surface area contributed by atoms with Gasteiger partial charge in [0.25, 0.3) is 5.91 Å². The molecule has 3 saturated heterocycles. The Balaban J connectivity index is 1.29. The SMILES string of the molecule is O=C1CCC2(C(=O)N3CCN(S(=O)(=O)c4ccc5c(c4)OCCO5)CC3)SCCN12. The summed E-state index contributed by atoms with van der Waals surface area (Å²) in [5.41, 5.74) is 0. The van der Waals surface area contributed by atoms with E-state index in [0.29, 0.717) is 57.2 Å². The lowest BCUT2D eigenvalue weighted by atomic mass is 10.1. The van der Waals surface area contributed by atoms with Crippen LogP contribution in [0.5, 0.6) is 11.5 Å². The fraction of sp³-hybridized carbons (Fsp3) is 0.579. The van der Waals surface area contributed by atoms with Crippen LogP contribution in [-0.4, -0.2) is 90.9 Å². The van der Waals surface area contributed by atoms with Gasteiger partial charge in [-0.1, -0.05) is 0 Å². The zero-order chi connectivity index (χ0) is 20.9. The van der Waals surface area contributed by atoms with Gasteiger partial charge in [-0.15, -0.1) is 11.8 Å². The van der Waals surface area contributed by atoms with Crippen molar-refractivity contribution in [3.8, 4) is 11.5 Å². The molecule has 0 N–H and O–H groups in total. The number of benzene rings is 1. The Morgan fingerprint density at radius 1 is 1.03 bits per heavy atom. The van der Waals surface area contributed by atoms with E-state index in [9.17, 15) is 18.0 Å². The van der Waals surface area contributed by atoms with Crippen LogP contribution in [0.2, 0.25) is 0 Å². The zero-order valence-electron chi connectivity index (χ0n) is 16.4. The number of sulfonamides is 1.